The Bertz CT molecular complexity index is 626. The third kappa shape index (κ3) is 3.98. The number of rotatable bonds is 3. The summed E-state index contributed by atoms with van der Waals surface area (Å²) in [6, 6.07) is 8.98. The summed E-state index contributed by atoms with van der Waals surface area (Å²) in [5, 5.41) is 0. The minimum absolute atomic E-state index is 0.0316. The van der Waals surface area contributed by atoms with Crippen molar-refractivity contribution in [1.29, 1.82) is 0 Å². The molecular weight excluding hydrogens is 392 g/mol. The van der Waals surface area contributed by atoms with E-state index in [0.717, 1.165) is 36.0 Å². The molecule has 2 N–H and O–H groups in total. The third-order valence-electron chi connectivity index (χ3n) is 6.19. The predicted molar refractivity (Wildman–Crippen MR) is 107 cm³/mol. The molecule has 1 aromatic rings. The van der Waals surface area contributed by atoms with Crippen molar-refractivity contribution in [2.75, 3.05) is 32.7 Å². The van der Waals surface area contributed by atoms with Gasteiger partial charge in [0.1, 0.15) is 0 Å². The van der Waals surface area contributed by atoms with Gasteiger partial charge in [-0.2, -0.15) is 0 Å². The van der Waals surface area contributed by atoms with E-state index in [4.69, 9.17) is 0 Å². The number of nitrogens with zero attached hydrogens (tertiary/aromatic N) is 2. The van der Waals surface area contributed by atoms with E-state index in [1.165, 1.54) is 32.4 Å². The molecule has 3 aliphatic rings. The van der Waals surface area contributed by atoms with E-state index >= 15 is 0 Å². The first-order valence-electron chi connectivity index (χ1n) is 9.99. The zero-order valence-electron chi connectivity index (χ0n) is 15.3. The number of amides is 1. The number of carbonyl (C=O) groups excluding carboxylic acids is 1. The summed E-state index contributed by atoms with van der Waals surface area (Å²) in [6.07, 6.45) is 6.31. The second-order valence-electron chi connectivity index (χ2n) is 7.82. The summed E-state index contributed by atoms with van der Waals surface area (Å²) in [5.41, 5.74) is 7.66. The van der Waals surface area contributed by atoms with Crippen molar-refractivity contribution in [3.63, 3.8) is 0 Å². The van der Waals surface area contributed by atoms with Gasteiger partial charge in [-0.25, -0.2) is 5.43 Å². The maximum absolute atomic E-state index is 13.2. The number of piperidine rings is 2. The molecule has 3 heterocycles. The predicted octanol–water partition coefficient (Wildman–Crippen LogP) is 2.69. The fourth-order valence-electron chi connectivity index (χ4n) is 4.71. The summed E-state index contributed by atoms with van der Waals surface area (Å²) < 4.78 is 1.05. The molecule has 0 spiro atoms. The highest BCUT2D eigenvalue weighted by Gasteiger charge is 2.38. The van der Waals surface area contributed by atoms with E-state index in [1.54, 1.807) is 0 Å². The van der Waals surface area contributed by atoms with Crippen LogP contribution in [0, 0.1) is 5.92 Å². The van der Waals surface area contributed by atoms with Crippen LogP contribution in [-0.4, -0.2) is 54.5 Å². The highest BCUT2D eigenvalue weighted by Crippen LogP contribution is 2.30. The molecule has 4 rings (SSSR count). The van der Waals surface area contributed by atoms with Crippen molar-refractivity contribution in [2.24, 2.45) is 5.92 Å². The Balaban J connectivity index is 1.37. The van der Waals surface area contributed by atoms with Gasteiger partial charge < -0.3 is 9.80 Å². The molecule has 0 saturated carbocycles. The van der Waals surface area contributed by atoms with Gasteiger partial charge in [0.15, 0.2) is 0 Å². The van der Waals surface area contributed by atoms with Crippen molar-refractivity contribution in [3.05, 3.63) is 34.3 Å². The largest absolute Gasteiger partial charge is 0.342 e. The zero-order chi connectivity index (χ0) is 17.9. The Morgan fingerprint density at radius 1 is 1.08 bits per heavy atom. The van der Waals surface area contributed by atoms with Gasteiger partial charge in [-0.1, -0.05) is 34.5 Å². The van der Waals surface area contributed by atoms with E-state index in [0.29, 0.717) is 18.5 Å². The highest BCUT2D eigenvalue weighted by molar-refractivity contribution is 9.10. The van der Waals surface area contributed by atoms with E-state index < -0.39 is 0 Å². The van der Waals surface area contributed by atoms with Gasteiger partial charge in [0.25, 0.3) is 0 Å². The maximum atomic E-state index is 13.2. The number of likely N-dealkylation sites (tertiary alicyclic amines) is 2. The molecule has 0 aliphatic carbocycles. The zero-order valence-corrected chi connectivity index (χ0v) is 16.9. The van der Waals surface area contributed by atoms with Crippen LogP contribution in [0.4, 0.5) is 0 Å². The lowest BCUT2D eigenvalue weighted by molar-refractivity contribution is -0.137. The number of hydrazine groups is 1. The number of benzene rings is 1. The quantitative estimate of drug-likeness (QED) is 0.788. The average molecular weight is 421 g/mol. The molecule has 142 valence electrons. The van der Waals surface area contributed by atoms with E-state index in [1.807, 2.05) is 12.1 Å². The van der Waals surface area contributed by atoms with Gasteiger partial charge in [-0.3, -0.25) is 10.2 Å². The van der Waals surface area contributed by atoms with Crippen LogP contribution < -0.4 is 10.9 Å². The number of hydrogen-bond acceptors (Lipinski definition) is 4. The highest BCUT2D eigenvalue weighted by atomic mass is 79.9. The van der Waals surface area contributed by atoms with Crippen LogP contribution >= 0.6 is 15.9 Å². The van der Waals surface area contributed by atoms with Crippen molar-refractivity contribution >= 4 is 21.8 Å². The molecule has 6 heteroatoms. The van der Waals surface area contributed by atoms with Gasteiger partial charge in [0, 0.05) is 30.1 Å². The molecule has 0 bridgehead atoms. The van der Waals surface area contributed by atoms with Gasteiger partial charge in [-0.05, 0) is 56.5 Å². The summed E-state index contributed by atoms with van der Waals surface area (Å²) >= 11 is 3.54. The molecule has 5 nitrogen and oxygen atoms in total. The fourth-order valence-corrected chi connectivity index (χ4v) is 5.13. The van der Waals surface area contributed by atoms with Gasteiger partial charge in [0.05, 0.1) is 12.0 Å². The lowest BCUT2D eigenvalue weighted by Crippen LogP contribution is -2.50. The Morgan fingerprint density at radius 2 is 1.85 bits per heavy atom. The summed E-state index contributed by atoms with van der Waals surface area (Å²) in [6.45, 7) is 5.01. The Morgan fingerprint density at radius 3 is 2.58 bits per heavy atom. The number of nitrogens with one attached hydrogen (secondary N) is 2. The van der Waals surface area contributed by atoms with Crippen molar-refractivity contribution in [3.8, 4) is 0 Å². The summed E-state index contributed by atoms with van der Waals surface area (Å²) in [4.78, 5) is 17.9. The first kappa shape index (κ1) is 18.4. The molecule has 3 aliphatic heterocycles. The number of halogens is 1. The van der Waals surface area contributed by atoms with Gasteiger partial charge >= 0.3 is 0 Å². The minimum atomic E-state index is -0.0316. The van der Waals surface area contributed by atoms with Crippen LogP contribution in [0.25, 0.3) is 0 Å². The van der Waals surface area contributed by atoms with E-state index in [2.05, 4.69) is 48.7 Å². The van der Waals surface area contributed by atoms with Crippen molar-refractivity contribution < 1.29 is 4.79 Å². The Hall–Kier alpha value is -0.950. The SMILES string of the molecule is O=C(C1CNNC1c1cccc(Br)c1)N1CCC(N2CCCCC2)CC1. The van der Waals surface area contributed by atoms with Crippen LogP contribution in [0.5, 0.6) is 0 Å². The summed E-state index contributed by atoms with van der Waals surface area (Å²) in [5.74, 6) is 0.264. The summed E-state index contributed by atoms with van der Waals surface area (Å²) in [7, 11) is 0. The lowest BCUT2D eigenvalue weighted by atomic mass is 9.92. The lowest BCUT2D eigenvalue weighted by Gasteiger charge is -2.41. The molecule has 2 atom stereocenters. The Labute approximate surface area is 164 Å². The maximum Gasteiger partial charge on any atom is 0.229 e. The normalized spacial score (nSPS) is 28.4. The molecule has 3 fully saturated rings. The van der Waals surface area contributed by atoms with Crippen molar-refractivity contribution in [2.45, 2.75) is 44.2 Å². The fraction of sp³-hybridized carbons (Fsp3) is 0.650. The van der Waals surface area contributed by atoms with Crippen LogP contribution in [0.3, 0.4) is 0 Å². The number of hydrogen-bond donors (Lipinski definition) is 2. The average Bonchev–Trinajstić information content (AvgIpc) is 3.18. The van der Waals surface area contributed by atoms with Gasteiger partial charge in [-0.15, -0.1) is 0 Å². The van der Waals surface area contributed by atoms with E-state index in [9.17, 15) is 4.79 Å². The van der Waals surface area contributed by atoms with E-state index in [-0.39, 0.29) is 12.0 Å². The number of carbonyl (C=O) groups is 1. The third-order valence-corrected chi connectivity index (χ3v) is 6.68. The molecule has 3 saturated heterocycles. The molecule has 0 aromatic heterocycles. The first-order chi connectivity index (χ1) is 12.7. The smallest absolute Gasteiger partial charge is 0.229 e. The monoisotopic (exact) mass is 420 g/mol. The van der Waals surface area contributed by atoms with Crippen molar-refractivity contribution in [1.82, 2.24) is 20.7 Å². The van der Waals surface area contributed by atoms with Crippen LogP contribution in [0.15, 0.2) is 28.7 Å². The molecule has 2 unspecified atom stereocenters. The van der Waals surface area contributed by atoms with Crippen LogP contribution in [0.1, 0.15) is 43.7 Å². The second kappa shape index (κ2) is 8.38. The molecule has 1 aromatic carbocycles. The van der Waals surface area contributed by atoms with Crippen LogP contribution in [0.2, 0.25) is 0 Å². The Kier molecular flexibility index (Phi) is 5.93. The van der Waals surface area contributed by atoms with Gasteiger partial charge in [0.2, 0.25) is 5.91 Å². The molecule has 0 radical (unpaired) electrons. The standard InChI is InChI=1S/C20H29BrN4O/c21-16-6-4-5-15(13-16)19-18(14-22-23-19)20(26)25-11-7-17(8-12-25)24-9-2-1-3-10-24/h4-6,13,17-19,22-23H,1-3,7-12,14H2. The first-order valence-corrected chi connectivity index (χ1v) is 10.8. The molecule has 1 amide bonds. The molecule has 26 heavy (non-hydrogen) atoms. The second-order valence-corrected chi connectivity index (χ2v) is 8.73. The minimum Gasteiger partial charge on any atom is -0.342 e. The van der Waals surface area contributed by atoms with Crippen LogP contribution in [-0.2, 0) is 4.79 Å². The topological polar surface area (TPSA) is 47.6 Å². The molecular formula is C20H29BrN4O.